The van der Waals surface area contributed by atoms with E-state index in [1.54, 1.807) is 18.2 Å². The third-order valence-electron chi connectivity index (χ3n) is 7.07. The average molecular weight is 597 g/mol. The summed E-state index contributed by atoms with van der Waals surface area (Å²) in [6.45, 7) is 6.92. The Kier molecular flexibility index (Phi) is 10.6. The van der Waals surface area contributed by atoms with Gasteiger partial charge in [-0.1, -0.05) is 29.3 Å². The molecular formula is C27H35Cl2N5O4S. The van der Waals surface area contributed by atoms with E-state index >= 15 is 0 Å². The van der Waals surface area contributed by atoms with Gasteiger partial charge in [0, 0.05) is 60.1 Å². The summed E-state index contributed by atoms with van der Waals surface area (Å²) in [6, 6.07) is 9.05. The first-order chi connectivity index (χ1) is 18.7. The number of morpholine rings is 1. The van der Waals surface area contributed by atoms with Crippen LogP contribution in [0.4, 0.5) is 0 Å². The molecule has 0 aliphatic carbocycles. The van der Waals surface area contributed by atoms with Crippen LogP contribution in [0.25, 0.3) is 0 Å². The second kappa shape index (κ2) is 13.9. The Morgan fingerprint density at radius 2 is 1.87 bits per heavy atom. The Balaban J connectivity index is 1.36. The molecule has 39 heavy (non-hydrogen) atoms. The van der Waals surface area contributed by atoms with E-state index < -0.39 is 10.6 Å². The molecule has 0 radical (unpaired) electrons. The summed E-state index contributed by atoms with van der Waals surface area (Å²) in [5, 5.41) is 5.60. The van der Waals surface area contributed by atoms with Crippen LogP contribution in [-0.2, 0) is 32.7 Å². The number of thioether (sulfide) groups is 1. The topological polar surface area (TPSA) is 95.9 Å². The number of aryl methyl sites for hydroxylation is 1. The van der Waals surface area contributed by atoms with Crippen LogP contribution in [0.2, 0.25) is 10.0 Å². The summed E-state index contributed by atoms with van der Waals surface area (Å²) in [5.74, 6) is -0.732. The van der Waals surface area contributed by atoms with E-state index in [4.69, 9.17) is 27.9 Å². The molecule has 0 unspecified atom stereocenters. The van der Waals surface area contributed by atoms with Crippen LogP contribution in [0.15, 0.2) is 30.3 Å². The monoisotopic (exact) mass is 595 g/mol. The van der Waals surface area contributed by atoms with Crippen molar-refractivity contribution < 1.29 is 19.1 Å². The fraction of sp³-hybridized carbons (Fsp3) is 0.519. The minimum absolute atomic E-state index is 0.00623. The quantitative estimate of drug-likeness (QED) is 0.388. The average Bonchev–Trinajstić information content (AvgIpc) is 3.39. The second-order valence-corrected chi connectivity index (χ2v) is 11.9. The highest BCUT2D eigenvalue weighted by atomic mass is 35.5. The van der Waals surface area contributed by atoms with Gasteiger partial charge in [-0.3, -0.25) is 19.3 Å². The maximum atomic E-state index is 13.5. The van der Waals surface area contributed by atoms with Crippen molar-refractivity contribution in [1.29, 1.82) is 0 Å². The Morgan fingerprint density at radius 1 is 1.10 bits per heavy atom. The number of nitrogens with zero attached hydrogens (tertiary/aromatic N) is 3. The van der Waals surface area contributed by atoms with Crippen LogP contribution in [0.3, 0.4) is 0 Å². The number of carbonyl (C=O) groups is 3. The van der Waals surface area contributed by atoms with Crippen LogP contribution in [0.1, 0.15) is 35.2 Å². The molecule has 2 aliphatic heterocycles. The van der Waals surface area contributed by atoms with Crippen molar-refractivity contribution in [3.8, 4) is 0 Å². The third kappa shape index (κ3) is 7.91. The van der Waals surface area contributed by atoms with E-state index in [-0.39, 0.29) is 30.7 Å². The maximum absolute atomic E-state index is 13.5. The fourth-order valence-corrected chi connectivity index (χ4v) is 6.73. The molecule has 1 aromatic carbocycles. The molecular weight excluding hydrogens is 561 g/mol. The van der Waals surface area contributed by atoms with Crippen LogP contribution in [-0.4, -0.2) is 83.3 Å². The van der Waals surface area contributed by atoms with Gasteiger partial charge in [0.25, 0.3) is 0 Å². The van der Waals surface area contributed by atoms with Gasteiger partial charge in [0.15, 0.2) is 0 Å². The molecule has 2 aromatic rings. The first-order valence-corrected chi connectivity index (χ1v) is 14.8. The highest BCUT2D eigenvalue weighted by Crippen LogP contribution is 2.46. The number of benzene rings is 1. The van der Waals surface area contributed by atoms with Crippen LogP contribution in [0, 0.1) is 6.92 Å². The van der Waals surface area contributed by atoms with Crippen molar-refractivity contribution in [3.05, 3.63) is 57.3 Å². The summed E-state index contributed by atoms with van der Waals surface area (Å²) in [5.41, 5.74) is 2.75. The minimum atomic E-state index is -0.633. The van der Waals surface area contributed by atoms with E-state index in [9.17, 15) is 14.4 Å². The molecule has 4 rings (SSSR count). The molecule has 9 nitrogen and oxygen atoms in total. The van der Waals surface area contributed by atoms with Crippen molar-refractivity contribution in [3.63, 3.8) is 0 Å². The lowest BCUT2D eigenvalue weighted by molar-refractivity contribution is -0.136. The predicted octanol–water partition coefficient (Wildman–Crippen LogP) is 3.13. The molecule has 0 saturated carbocycles. The lowest BCUT2D eigenvalue weighted by Crippen LogP contribution is -2.42. The second-order valence-electron chi connectivity index (χ2n) is 9.77. The zero-order chi connectivity index (χ0) is 27.9. The highest BCUT2D eigenvalue weighted by molar-refractivity contribution is 8.01. The van der Waals surface area contributed by atoms with Gasteiger partial charge in [-0.25, -0.2) is 0 Å². The molecule has 1 aromatic heterocycles. The number of hydrogen-bond acceptors (Lipinski definition) is 6. The number of ether oxygens (including phenoxy) is 1. The van der Waals surface area contributed by atoms with Gasteiger partial charge in [0.05, 0.1) is 25.0 Å². The van der Waals surface area contributed by atoms with Crippen LogP contribution in [0.5, 0.6) is 0 Å². The molecule has 2 N–H and O–H groups in total. The summed E-state index contributed by atoms with van der Waals surface area (Å²) in [4.78, 5) is 42.9. The number of amides is 3. The van der Waals surface area contributed by atoms with Crippen molar-refractivity contribution >= 4 is 52.7 Å². The van der Waals surface area contributed by atoms with E-state index in [2.05, 4.69) is 15.5 Å². The zero-order valence-electron chi connectivity index (χ0n) is 22.3. The summed E-state index contributed by atoms with van der Waals surface area (Å²) < 4.78 is 7.38. The van der Waals surface area contributed by atoms with Crippen molar-refractivity contribution in [2.75, 3.05) is 45.9 Å². The summed E-state index contributed by atoms with van der Waals surface area (Å²) in [6.07, 6.45) is 0.816. The van der Waals surface area contributed by atoms with Crippen molar-refractivity contribution in [2.24, 2.45) is 7.05 Å². The van der Waals surface area contributed by atoms with E-state index in [1.807, 2.05) is 30.7 Å². The molecule has 12 heteroatoms. The third-order valence-corrected chi connectivity index (χ3v) is 9.09. The Bertz CT molecular complexity index is 1190. The normalized spacial score (nSPS) is 19.9. The Morgan fingerprint density at radius 3 is 2.56 bits per heavy atom. The molecule has 212 valence electrons. The van der Waals surface area contributed by atoms with Gasteiger partial charge < -0.3 is 24.8 Å². The van der Waals surface area contributed by atoms with Gasteiger partial charge in [-0.15, -0.1) is 11.8 Å². The first kappa shape index (κ1) is 29.7. The lowest BCUT2D eigenvalue weighted by atomic mass is 10.2. The largest absolute Gasteiger partial charge is 0.379 e. The van der Waals surface area contributed by atoms with Gasteiger partial charge in [0.2, 0.25) is 17.7 Å². The van der Waals surface area contributed by atoms with Gasteiger partial charge in [-0.2, -0.15) is 0 Å². The smallest absolute Gasteiger partial charge is 0.239 e. The molecule has 3 heterocycles. The molecule has 0 bridgehead atoms. The van der Waals surface area contributed by atoms with Gasteiger partial charge >= 0.3 is 0 Å². The number of aromatic nitrogens is 1. The van der Waals surface area contributed by atoms with Gasteiger partial charge in [-0.05, 0) is 44.2 Å². The van der Waals surface area contributed by atoms with Gasteiger partial charge in [0.1, 0.15) is 11.9 Å². The fourth-order valence-electron chi connectivity index (χ4n) is 4.67. The summed E-state index contributed by atoms with van der Waals surface area (Å²) >= 11 is 13.9. The highest BCUT2D eigenvalue weighted by Gasteiger charge is 2.43. The molecule has 2 saturated heterocycles. The van der Waals surface area contributed by atoms with Crippen molar-refractivity contribution in [1.82, 2.24) is 25.0 Å². The molecule has 2 fully saturated rings. The van der Waals surface area contributed by atoms with Crippen LogP contribution >= 0.6 is 35.0 Å². The predicted molar refractivity (Wildman–Crippen MR) is 154 cm³/mol. The van der Waals surface area contributed by atoms with E-state index in [1.165, 1.54) is 16.7 Å². The SMILES string of the molecule is Cc1ccc(CNC(=O)C[C@H]2S[C@H](c3ccc(Cl)cc3Cl)N(CC(=O)NCCCN3CCOCC3)C2=O)n1C. The number of halogens is 2. The maximum Gasteiger partial charge on any atom is 0.239 e. The Labute approximate surface area is 243 Å². The van der Waals surface area contributed by atoms with Crippen LogP contribution < -0.4 is 10.6 Å². The van der Waals surface area contributed by atoms with Crippen molar-refractivity contribution in [2.45, 2.75) is 36.9 Å². The Hall–Kier alpha value is -2.24. The number of hydrogen-bond donors (Lipinski definition) is 2. The molecule has 3 amide bonds. The zero-order valence-corrected chi connectivity index (χ0v) is 24.6. The summed E-state index contributed by atoms with van der Waals surface area (Å²) in [7, 11) is 1.94. The van der Waals surface area contributed by atoms with E-state index in [0.717, 1.165) is 50.7 Å². The molecule has 2 atom stereocenters. The number of carbonyl (C=O) groups excluding carboxylic acids is 3. The standard InChI is InChI=1S/C27H35Cl2N5O4S/c1-18-4-6-20(32(18)2)16-31-24(35)15-23-26(37)34(27(39-23)21-7-5-19(28)14-22(21)29)17-25(36)30-8-3-9-33-10-12-38-13-11-33/h4-7,14,23,27H,3,8-13,15-17H2,1-2H3,(H,30,36)(H,31,35)/t23-,27-/m1/s1. The molecule has 0 spiro atoms. The molecule has 2 aliphatic rings. The lowest BCUT2D eigenvalue weighted by Gasteiger charge is -2.26. The minimum Gasteiger partial charge on any atom is -0.379 e. The number of nitrogens with one attached hydrogen (secondary N) is 2. The first-order valence-electron chi connectivity index (χ1n) is 13.1. The number of rotatable bonds is 11. The van der Waals surface area contributed by atoms with E-state index in [0.29, 0.717) is 28.7 Å².